The second kappa shape index (κ2) is 8.40. The van der Waals surface area contributed by atoms with Gasteiger partial charge in [-0.25, -0.2) is 0 Å². The fourth-order valence-corrected chi connectivity index (χ4v) is 3.30. The van der Waals surface area contributed by atoms with Gasteiger partial charge in [0.25, 0.3) is 0 Å². The number of rotatable bonds is 5. The van der Waals surface area contributed by atoms with Crippen molar-refractivity contribution in [2.45, 2.75) is 12.7 Å². The molecule has 1 aliphatic heterocycles. The van der Waals surface area contributed by atoms with Gasteiger partial charge in [0, 0.05) is 23.2 Å². The topological polar surface area (TPSA) is 50.8 Å². The fraction of sp³-hybridized carbons (Fsp3) is 0.316. The van der Waals surface area contributed by atoms with Gasteiger partial charge in [0.1, 0.15) is 13.2 Å². The molecule has 0 bridgehead atoms. The van der Waals surface area contributed by atoms with Crippen LogP contribution in [0.15, 0.2) is 40.9 Å². The van der Waals surface area contributed by atoms with Crippen molar-refractivity contribution in [3.8, 4) is 11.5 Å². The maximum atomic E-state index is 13.1. The Morgan fingerprint density at radius 2 is 1.82 bits per heavy atom. The van der Waals surface area contributed by atoms with Crippen LogP contribution in [0.1, 0.15) is 11.1 Å². The number of hydrogen-bond donors (Lipinski definition) is 1. The summed E-state index contributed by atoms with van der Waals surface area (Å²) < 4.78 is 50.9. The lowest BCUT2D eigenvalue weighted by Gasteiger charge is -2.21. The summed E-state index contributed by atoms with van der Waals surface area (Å²) in [5, 5.41) is 2.74. The van der Waals surface area contributed by atoms with E-state index in [1.807, 2.05) is 0 Å². The number of amides is 1. The summed E-state index contributed by atoms with van der Waals surface area (Å²) >= 11 is 3.37. The van der Waals surface area contributed by atoms with E-state index < -0.39 is 11.7 Å². The molecule has 1 heterocycles. The van der Waals surface area contributed by atoms with Crippen molar-refractivity contribution < 1.29 is 27.4 Å². The molecule has 0 aromatic heterocycles. The highest BCUT2D eigenvalue weighted by Crippen LogP contribution is 2.38. The number of nitrogens with zero attached hydrogens (tertiary/aromatic N) is 1. The molecule has 1 amide bonds. The summed E-state index contributed by atoms with van der Waals surface area (Å²) in [4.78, 5) is 13.9. The molecule has 0 atom stereocenters. The monoisotopic (exact) mass is 458 g/mol. The van der Waals surface area contributed by atoms with Crippen LogP contribution < -0.4 is 14.8 Å². The van der Waals surface area contributed by atoms with Gasteiger partial charge in [-0.05, 0) is 34.6 Å². The molecule has 0 spiro atoms. The van der Waals surface area contributed by atoms with Crippen molar-refractivity contribution in [2.24, 2.45) is 0 Å². The minimum Gasteiger partial charge on any atom is -0.486 e. The SMILES string of the molecule is CN(CC(=O)Nc1cc2c(cc1Br)OCCO2)Cc1ccccc1C(F)(F)F. The zero-order valence-electron chi connectivity index (χ0n) is 15.0. The van der Waals surface area contributed by atoms with E-state index in [-0.39, 0.29) is 24.6 Å². The van der Waals surface area contributed by atoms with Gasteiger partial charge in [-0.1, -0.05) is 18.2 Å². The lowest BCUT2D eigenvalue weighted by molar-refractivity contribution is -0.138. The fourth-order valence-electron chi connectivity index (χ4n) is 2.88. The third-order valence-electron chi connectivity index (χ3n) is 4.08. The maximum Gasteiger partial charge on any atom is 0.416 e. The third kappa shape index (κ3) is 4.96. The number of anilines is 1. The number of alkyl halides is 3. The second-order valence-corrected chi connectivity index (χ2v) is 7.21. The van der Waals surface area contributed by atoms with Gasteiger partial charge in [0.15, 0.2) is 11.5 Å². The minimum absolute atomic E-state index is 0.00852. The number of carbonyl (C=O) groups excluding carboxylic acids is 1. The molecule has 2 aromatic rings. The molecule has 28 heavy (non-hydrogen) atoms. The largest absolute Gasteiger partial charge is 0.486 e. The predicted molar refractivity (Wildman–Crippen MR) is 102 cm³/mol. The summed E-state index contributed by atoms with van der Waals surface area (Å²) in [5.41, 5.74) is -0.0824. The molecule has 3 rings (SSSR count). The number of halogens is 4. The van der Waals surface area contributed by atoms with Crippen molar-refractivity contribution in [2.75, 3.05) is 32.1 Å². The molecule has 1 N–H and O–H groups in total. The number of fused-ring (bicyclic) bond motifs is 1. The molecule has 0 aliphatic carbocycles. The Bertz CT molecular complexity index is 874. The Kier molecular flexibility index (Phi) is 6.14. The average molecular weight is 459 g/mol. The molecule has 0 unspecified atom stereocenters. The first kappa shape index (κ1) is 20.5. The zero-order chi connectivity index (χ0) is 20.3. The number of likely N-dealkylation sites (N-methyl/N-ethyl adjacent to an activating group) is 1. The van der Waals surface area contributed by atoms with Gasteiger partial charge in [-0.15, -0.1) is 0 Å². The number of benzene rings is 2. The smallest absolute Gasteiger partial charge is 0.416 e. The molecule has 9 heteroatoms. The molecule has 150 valence electrons. The van der Waals surface area contributed by atoms with E-state index >= 15 is 0 Å². The van der Waals surface area contributed by atoms with Crippen molar-refractivity contribution in [3.05, 3.63) is 52.0 Å². The van der Waals surface area contributed by atoms with E-state index in [2.05, 4.69) is 21.2 Å². The highest BCUT2D eigenvalue weighted by molar-refractivity contribution is 9.10. The first-order chi connectivity index (χ1) is 13.2. The van der Waals surface area contributed by atoms with E-state index in [1.165, 1.54) is 17.0 Å². The Balaban J connectivity index is 1.64. The van der Waals surface area contributed by atoms with Gasteiger partial charge in [0.05, 0.1) is 17.8 Å². The molecule has 0 fully saturated rings. The third-order valence-corrected chi connectivity index (χ3v) is 4.74. The van der Waals surface area contributed by atoms with Gasteiger partial charge in [0.2, 0.25) is 5.91 Å². The first-order valence-electron chi connectivity index (χ1n) is 8.46. The van der Waals surface area contributed by atoms with E-state index in [9.17, 15) is 18.0 Å². The quantitative estimate of drug-likeness (QED) is 0.725. The summed E-state index contributed by atoms with van der Waals surface area (Å²) in [6.07, 6.45) is -4.43. The highest BCUT2D eigenvalue weighted by Gasteiger charge is 2.33. The van der Waals surface area contributed by atoms with E-state index in [1.54, 1.807) is 25.2 Å². The van der Waals surface area contributed by atoms with Gasteiger partial charge in [-0.2, -0.15) is 13.2 Å². The number of carbonyl (C=O) groups is 1. The van der Waals surface area contributed by atoms with E-state index in [0.717, 1.165) is 6.07 Å². The molecule has 5 nitrogen and oxygen atoms in total. The second-order valence-electron chi connectivity index (χ2n) is 6.35. The average Bonchev–Trinajstić information content (AvgIpc) is 2.61. The van der Waals surface area contributed by atoms with Crippen LogP contribution in [0.5, 0.6) is 11.5 Å². The van der Waals surface area contributed by atoms with E-state index in [4.69, 9.17) is 9.47 Å². The van der Waals surface area contributed by atoms with Crippen molar-refractivity contribution >= 4 is 27.5 Å². The maximum absolute atomic E-state index is 13.1. The van der Waals surface area contributed by atoms with Crippen molar-refractivity contribution in [3.63, 3.8) is 0 Å². The molecule has 0 saturated carbocycles. The Hall–Kier alpha value is -2.26. The van der Waals surface area contributed by atoms with Crippen LogP contribution in [0, 0.1) is 0 Å². The Morgan fingerprint density at radius 3 is 2.50 bits per heavy atom. The van der Waals surface area contributed by atoms with E-state index in [0.29, 0.717) is 34.9 Å². The van der Waals surface area contributed by atoms with Crippen LogP contribution in [0.25, 0.3) is 0 Å². The minimum atomic E-state index is -4.43. The van der Waals surface area contributed by atoms with Crippen molar-refractivity contribution in [1.82, 2.24) is 4.90 Å². The zero-order valence-corrected chi connectivity index (χ0v) is 16.6. The van der Waals surface area contributed by atoms with Crippen LogP contribution in [0.2, 0.25) is 0 Å². The summed E-state index contributed by atoms with van der Waals surface area (Å²) in [5.74, 6) is 0.749. The Morgan fingerprint density at radius 1 is 1.18 bits per heavy atom. The first-order valence-corrected chi connectivity index (χ1v) is 9.26. The Labute approximate surface area is 168 Å². The normalized spacial score (nSPS) is 13.5. The lowest BCUT2D eigenvalue weighted by Crippen LogP contribution is -2.30. The van der Waals surface area contributed by atoms with Crippen LogP contribution >= 0.6 is 15.9 Å². The number of ether oxygens (including phenoxy) is 2. The van der Waals surface area contributed by atoms with Crippen molar-refractivity contribution in [1.29, 1.82) is 0 Å². The molecular weight excluding hydrogens is 441 g/mol. The van der Waals surface area contributed by atoms with Gasteiger partial charge < -0.3 is 14.8 Å². The lowest BCUT2D eigenvalue weighted by atomic mass is 10.1. The molecule has 1 aliphatic rings. The number of hydrogen-bond acceptors (Lipinski definition) is 4. The predicted octanol–water partition coefficient (Wildman–Crippen LogP) is 4.31. The van der Waals surface area contributed by atoms with Gasteiger partial charge >= 0.3 is 6.18 Å². The molecule has 0 saturated heterocycles. The molecule has 2 aromatic carbocycles. The van der Waals surface area contributed by atoms with Crippen LogP contribution in [-0.4, -0.2) is 37.6 Å². The van der Waals surface area contributed by atoms with Crippen LogP contribution in [0.4, 0.5) is 18.9 Å². The molecular formula is C19H18BrF3N2O3. The standard InChI is InChI=1S/C19H18BrF3N2O3/c1-25(10-12-4-2-3-5-13(12)19(21,22)23)11-18(26)24-15-9-17-16(8-14(15)20)27-6-7-28-17/h2-5,8-9H,6-7,10-11H2,1H3,(H,24,26). The summed E-state index contributed by atoms with van der Waals surface area (Å²) in [6.45, 7) is 0.789. The summed E-state index contributed by atoms with van der Waals surface area (Å²) in [6, 6.07) is 8.69. The molecule has 0 radical (unpaired) electrons. The van der Waals surface area contributed by atoms with Gasteiger partial charge in [-0.3, -0.25) is 9.69 Å². The number of nitrogens with one attached hydrogen (secondary N) is 1. The highest BCUT2D eigenvalue weighted by atomic mass is 79.9. The summed E-state index contributed by atoms with van der Waals surface area (Å²) in [7, 11) is 1.59. The van der Waals surface area contributed by atoms with Crippen LogP contribution in [-0.2, 0) is 17.5 Å². The van der Waals surface area contributed by atoms with Crippen LogP contribution in [0.3, 0.4) is 0 Å².